The lowest BCUT2D eigenvalue weighted by Crippen LogP contribution is -2.24. The first kappa shape index (κ1) is 18.3. The molecule has 0 bridgehead atoms. The Balaban J connectivity index is 1.64. The van der Waals surface area contributed by atoms with Gasteiger partial charge in [0.1, 0.15) is 18.7 Å². The molecule has 2 amide bonds. The number of hydrogen-bond acceptors (Lipinski definition) is 4. The molecule has 2 N–H and O–H groups in total. The van der Waals surface area contributed by atoms with Gasteiger partial charge >= 0.3 is 0 Å². The number of nitrogens with zero attached hydrogens (tertiary/aromatic N) is 3. The highest BCUT2D eigenvalue weighted by Crippen LogP contribution is 2.18. The number of nitrogens with one attached hydrogen (secondary N) is 2. The van der Waals surface area contributed by atoms with Gasteiger partial charge in [-0.15, -0.1) is 0 Å². The third-order valence-electron chi connectivity index (χ3n) is 4.47. The average molecular weight is 363 g/mol. The van der Waals surface area contributed by atoms with E-state index >= 15 is 0 Å². The van der Waals surface area contributed by atoms with Crippen molar-refractivity contribution in [3.63, 3.8) is 0 Å². The summed E-state index contributed by atoms with van der Waals surface area (Å²) >= 11 is 0. The molecule has 1 unspecified atom stereocenters. The molecule has 0 saturated carbocycles. The van der Waals surface area contributed by atoms with E-state index in [1.54, 1.807) is 37.3 Å². The Bertz CT molecular complexity index is 949. The lowest BCUT2D eigenvalue weighted by atomic mass is 10.0. The highest BCUT2D eigenvalue weighted by molar-refractivity contribution is 6.05. The van der Waals surface area contributed by atoms with Crippen LogP contribution < -0.4 is 10.6 Å². The first-order valence-corrected chi connectivity index (χ1v) is 8.58. The van der Waals surface area contributed by atoms with E-state index in [1.165, 1.54) is 17.3 Å². The lowest BCUT2D eigenvalue weighted by molar-refractivity contribution is -0.119. The molecule has 0 fully saturated rings. The highest BCUT2D eigenvalue weighted by Gasteiger charge is 2.15. The molecule has 0 aliphatic rings. The Labute approximate surface area is 157 Å². The number of aromatic nitrogens is 3. The van der Waals surface area contributed by atoms with Gasteiger partial charge in [-0.25, -0.2) is 9.67 Å². The van der Waals surface area contributed by atoms with Crippen LogP contribution in [0.25, 0.3) is 0 Å². The Morgan fingerprint density at radius 1 is 1.00 bits per heavy atom. The minimum atomic E-state index is -0.476. The number of hydrogen-bond donors (Lipinski definition) is 2. The second-order valence-corrected chi connectivity index (χ2v) is 6.32. The van der Waals surface area contributed by atoms with Gasteiger partial charge in [0.2, 0.25) is 5.91 Å². The molecular formula is C20H21N5O2. The molecule has 0 aliphatic carbocycles. The maximum Gasteiger partial charge on any atom is 0.255 e. The van der Waals surface area contributed by atoms with Gasteiger partial charge < -0.3 is 10.6 Å². The number of amides is 2. The van der Waals surface area contributed by atoms with Crippen LogP contribution in [0.3, 0.4) is 0 Å². The second-order valence-electron chi connectivity index (χ2n) is 6.32. The zero-order valence-corrected chi connectivity index (χ0v) is 15.4. The fraction of sp³-hybridized carbons (Fsp3) is 0.200. The predicted octanol–water partition coefficient (Wildman–Crippen LogP) is 3.35. The SMILES string of the molecule is Cc1cccc(C(=O)Nc2ccc(NC(=O)C(C)n3cncn3)cc2)c1C. The summed E-state index contributed by atoms with van der Waals surface area (Å²) in [5.74, 6) is -0.361. The molecule has 7 nitrogen and oxygen atoms in total. The Kier molecular flexibility index (Phi) is 5.30. The number of rotatable bonds is 5. The number of anilines is 2. The number of benzene rings is 2. The standard InChI is InChI=1S/C20H21N5O2/c1-13-5-4-6-18(14(13)2)20(27)24-17-9-7-16(8-10-17)23-19(26)15(3)25-12-21-11-22-25/h4-12,15H,1-3H3,(H,23,26)(H,24,27). The number of carbonyl (C=O) groups excluding carboxylic acids is 2. The third kappa shape index (κ3) is 4.20. The maximum atomic E-state index is 12.5. The largest absolute Gasteiger partial charge is 0.324 e. The average Bonchev–Trinajstić information content (AvgIpc) is 3.19. The van der Waals surface area contributed by atoms with Crippen molar-refractivity contribution in [1.82, 2.24) is 14.8 Å². The van der Waals surface area contributed by atoms with Gasteiger partial charge in [-0.05, 0) is 62.2 Å². The first-order valence-electron chi connectivity index (χ1n) is 8.58. The van der Waals surface area contributed by atoms with Crippen molar-refractivity contribution in [1.29, 1.82) is 0 Å². The van der Waals surface area contributed by atoms with Crippen LogP contribution in [-0.2, 0) is 4.79 Å². The first-order chi connectivity index (χ1) is 13.0. The summed E-state index contributed by atoms with van der Waals surface area (Å²) in [6.07, 6.45) is 2.88. The number of carbonyl (C=O) groups is 2. The van der Waals surface area contributed by atoms with Crippen LogP contribution in [0, 0.1) is 13.8 Å². The molecule has 1 heterocycles. The van der Waals surface area contributed by atoms with Gasteiger partial charge in [0.25, 0.3) is 5.91 Å². The van der Waals surface area contributed by atoms with Crippen LogP contribution in [-0.4, -0.2) is 26.6 Å². The second kappa shape index (κ2) is 7.82. The topological polar surface area (TPSA) is 88.9 Å². The van der Waals surface area contributed by atoms with E-state index in [0.29, 0.717) is 16.9 Å². The Morgan fingerprint density at radius 2 is 1.67 bits per heavy atom. The van der Waals surface area contributed by atoms with Crippen LogP contribution in [0.1, 0.15) is 34.5 Å². The van der Waals surface area contributed by atoms with Crippen molar-refractivity contribution >= 4 is 23.2 Å². The molecule has 7 heteroatoms. The van der Waals surface area contributed by atoms with E-state index in [-0.39, 0.29) is 11.8 Å². The van der Waals surface area contributed by atoms with Crippen molar-refractivity contribution < 1.29 is 9.59 Å². The molecule has 3 rings (SSSR count). The van der Waals surface area contributed by atoms with Gasteiger partial charge in [-0.3, -0.25) is 9.59 Å². The summed E-state index contributed by atoms with van der Waals surface area (Å²) in [5, 5.41) is 9.66. The van der Waals surface area contributed by atoms with E-state index in [1.807, 2.05) is 26.0 Å². The Hall–Kier alpha value is -3.48. The summed E-state index contributed by atoms with van der Waals surface area (Å²) in [5.41, 5.74) is 3.97. The van der Waals surface area contributed by atoms with Crippen LogP contribution in [0.15, 0.2) is 55.1 Å². The summed E-state index contributed by atoms with van der Waals surface area (Å²) in [4.78, 5) is 28.6. The summed E-state index contributed by atoms with van der Waals surface area (Å²) in [6, 6.07) is 12.1. The fourth-order valence-corrected chi connectivity index (χ4v) is 2.62. The molecule has 0 aliphatic heterocycles. The molecule has 27 heavy (non-hydrogen) atoms. The van der Waals surface area contributed by atoms with E-state index in [2.05, 4.69) is 20.7 Å². The van der Waals surface area contributed by atoms with Gasteiger partial charge in [0.05, 0.1) is 0 Å². The highest BCUT2D eigenvalue weighted by atomic mass is 16.2. The molecule has 1 aromatic heterocycles. The van der Waals surface area contributed by atoms with Crippen molar-refractivity contribution in [3.05, 3.63) is 71.8 Å². The minimum Gasteiger partial charge on any atom is -0.324 e. The fourth-order valence-electron chi connectivity index (χ4n) is 2.62. The summed E-state index contributed by atoms with van der Waals surface area (Å²) in [7, 11) is 0. The van der Waals surface area contributed by atoms with E-state index in [9.17, 15) is 9.59 Å². The van der Waals surface area contributed by atoms with Gasteiger partial charge in [-0.2, -0.15) is 5.10 Å². The van der Waals surface area contributed by atoms with Crippen molar-refractivity contribution in [2.45, 2.75) is 26.8 Å². The van der Waals surface area contributed by atoms with Crippen LogP contribution in [0.4, 0.5) is 11.4 Å². The molecule has 0 saturated heterocycles. The molecule has 2 aromatic carbocycles. The molecular weight excluding hydrogens is 342 g/mol. The quantitative estimate of drug-likeness (QED) is 0.727. The molecule has 0 radical (unpaired) electrons. The van der Waals surface area contributed by atoms with E-state index < -0.39 is 6.04 Å². The monoisotopic (exact) mass is 363 g/mol. The van der Waals surface area contributed by atoms with Crippen molar-refractivity contribution in [2.75, 3.05) is 10.6 Å². The Morgan fingerprint density at radius 3 is 2.30 bits per heavy atom. The molecule has 3 aromatic rings. The van der Waals surface area contributed by atoms with Gasteiger partial charge in [0, 0.05) is 16.9 Å². The van der Waals surface area contributed by atoms with Crippen molar-refractivity contribution in [2.24, 2.45) is 0 Å². The third-order valence-corrected chi connectivity index (χ3v) is 4.47. The number of aryl methyl sites for hydroxylation is 1. The van der Waals surface area contributed by atoms with Crippen LogP contribution in [0.5, 0.6) is 0 Å². The molecule has 138 valence electrons. The van der Waals surface area contributed by atoms with Crippen molar-refractivity contribution in [3.8, 4) is 0 Å². The van der Waals surface area contributed by atoms with Gasteiger partial charge in [-0.1, -0.05) is 12.1 Å². The molecule has 1 atom stereocenters. The summed E-state index contributed by atoms with van der Waals surface area (Å²) < 4.78 is 1.48. The van der Waals surface area contributed by atoms with E-state index in [4.69, 9.17) is 0 Å². The smallest absolute Gasteiger partial charge is 0.255 e. The predicted molar refractivity (Wildman–Crippen MR) is 104 cm³/mol. The van der Waals surface area contributed by atoms with Gasteiger partial charge in [0.15, 0.2) is 0 Å². The van der Waals surface area contributed by atoms with Crippen LogP contribution >= 0.6 is 0 Å². The van der Waals surface area contributed by atoms with E-state index in [0.717, 1.165) is 11.1 Å². The zero-order chi connectivity index (χ0) is 19.4. The normalized spacial score (nSPS) is 11.7. The zero-order valence-electron chi connectivity index (χ0n) is 15.4. The lowest BCUT2D eigenvalue weighted by Gasteiger charge is -2.13. The minimum absolute atomic E-state index is 0.159. The van der Waals surface area contributed by atoms with Crippen LogP contribution in [0.2, 0.25) is 0 Å². The summed E-state index contributed by atoms with van der Waals surface area (Å²) in [6.45, 7) is 5.64. The maximum absolute atomic E-state index is 12.5. The molecule has 0 spiro atoms.